The van der Waals surface area contributed by atoms with Gasteiger partial charge in [-0.1, -0.05) is 23.2 Å². The van der Waals surface area contributed by atoms with E-state index in [0.717, 1.165) is 16.6 Å². The van der Waals surface area contributed by atoms with Crippen LogP contribution in [0.15, 0.2) is 30.6 Å². The molecule has 0 aliphatic carbocycles. The Hall–Kier alpha value is -2.31. The lowest BCUT2D eigenvalue weighted by Crippen LogP contribution is -2.44. The van der Waals surface area contributed by atoms with E-state index < -0.39 is 11.5 Å². The third kappa shape index (κ3) is 3.48. The Morgan fingerprint density at radius 3 is 2.62 bits per heavy atom. The molecular formula is C18H18Cl2N4O2. The van der Waals surface area contributed by atoms with Crippen molar-refractivity contribution in [2.45, 2.75) is 26.3 Å². The van der Waals surface area contributed by atoms with Crippen molar-refractivity contribution in [1.29, 1.82) is 0 Å². The number of carboxylic acid groups (broad SMARTS) is 1. The number of H-pyrrole nitrogens is 1. The fraction of sp³-hybridized carbons (Fsp3) is 0.278. The van der Waals surface area contributed by atoms with Gasteiger partial charge in [-0.15, -0.1) is 0 Å². The minimum Gasteiger partial charge on any atom is -0.480 e. The van der Waals surface area contributed by atoms with E-state index in [2.05, 4.69) is 15.2 Å². The SMILES string of the molecule is CC(C)(C)N(CC(=O)O)c1cc(-c2cn[nH]c2)nc2c(Cl)c(Cl)ccc12. The number of aromatic amines is 1. The zero-order chi connectivity index (χ0) is 19.1. The van der Waals surface area contributed by atoms with Gasteiger partial charge in [0.15, 0.2) is 0 Å². The number of benzene rings is 1. The number of aromatic nitrogens is 3. The maximum absolute atomic E-state index is 11.5. The van der Waals surface area contributed by atoms with Crippen molar-refractivity contribution >= 4 is 45.8 Å². The van der Waals surface area contributed by atoms with E-state index in [1.807, 2.05) is 37.8 Å². The molecule has 0 unspecified atom stereocenters. The number of hydrogen-bond acceptors (Lipinski definition) is 4. The number of carboxylic acids is 1. The van der Waals surface area contributed by atoms with Crippen molar-refractivity contribution in [3.8, 4) is 11.3 Å². The van der Waals surface area contributed by atoms with Crippen LogP contribution in [0.2, 0.25) is 10.0 Å². The number of hydrogen-bond donors (Lipinski definition) is 2. The third-order valence-corrected chi connectivity index (χ3v) is 4.83. The minimum atomic E-state index is -0.921. The highest BCUT2D eigenvalue weighted by atomic mass is 35.5. The third-order valence-electron chi connectivity index (χ3n) is 4.04. The number of nitrogens with zero attached hydrogens (tertiary/aromatic N) is 3. The lowest BCUT2D eigenvalue weighted by atomic mass is 10.0. The summed E-state index contributed by atoms with van der Waals surface area (Å²) in [5.41, 5.74) is 2.21. The van der Waals surface area contributed by atoms with Gasteiger partial charge in [0.25, 0.3) is 0 Å². The molecule has 0 radical (unpaired) electrons. The number of nitrogens with one attached hydrogen (secondary N) is 1. The molecule has 2 heterocycles. The molecule has 0 fully saturated rings. The van der Waals surface area contributed by atoms with Gasteiger partial charge in [0.1, 0.15) is 6.54 Å². The van der Waals surface area contributed by atoms with E-state index in [1.165, 1.54) is 0 Å². The first kappa shape index (κ1) is 18.5. The number of carbonyl (C=O) groups is 1. The highest BCUT2D eigenvalue weighted by Crippen LogP contribution is 2.39. The van der Waals surface area contributed by atoms with E-state index >= 15 is 0 Å². The molecular weight excluding hydrogens is 375 g/mol. The second-order valence-corrected chi connectivity index (χ2v) is 7.71. The summed E-state index contributed by atoms with van der Waals surface area (Å²) in [4.78, 5) is 17.9. The summed E-state index contributed by atoms with van der Waals surface area (Å²) < 4.78 is 0. The van der Waals surface area contributed by atoms with Crippen LogP contribution >= 0.6 is 23.2 Å². The molecule has 0 atom stereocenters. The molecule has 0 aliphatic rings. The molecule has 8 heteroatoms. The number of halogens is 2. The molecule has 0 spiro atoms. The van der Waals surface area contributed by atoms with Crippen LogP contribution in [0.3, 0.4) is 0 Å². The lowest BCUT2D eigenvalue weighted by molar-refractivity contribution is -0.135. The van der Waals surface area contributed by atoms with Crippen LogP contribution in [0.1, 0.15) is 20.8 Å². The predicted molar refractivity (Wildman–Crippen MR) is 104 cm³/mol. The molecule has 2 N–H and O–H groups in total. The molecule has 0 saturated heterocycles. The topological polar surface area (TPSA) is 82.1 Å². The van der Waals surface area contributed by atoms with Crippen LogP contribution in [0.4, 0.5) is 5.69 Å². The molecule has 1 aromatic carbocycles. The maximum Gasteiger partial charge on any atom is 0.323 e. The summed E-state index contributed by atoms with van der Waals surface area (Å²) in [6.07, 6.45) is 3.37. The largest absolute Gasteiger partial charge is 0.480 e. The summed E-state index contributed by atoms with van der Waals surface area (Å²) >= 11 is 12.6. The van der Waals surface area contributed by atoms with Crippen LogP contribution in [0, 0.1) is 0 Å². The number of pyridine rings is 1. The summed E-state index contributed by atoms with van der Waals surface area (Å²) in [5, 5.41) is 17.6. The molecule has 3 rings (SSSR count). The molecule has 26 heavy (non-hydrogen) atoms. The average molecular weight is 393 g/mol. The van der Waals surface area contributed by atoms with Crippen LogP contribution in [-0.2, 0) is 4.79 Å². The molecule has 6 nitrogen and oxygen atoms in total. The zero-order valence-electron chi connectivity index (χ0n) is 14.5. The van der Waals surface area contributed by atoms with E-state index in [0.29, 0.717) is 21.3 Å². The van der Waals surface area contributed by atoms with E-state index in [9.17, 15) is 9.90 Å². The van der Waals surface area contributed by atoms with Crippen LogP contribution in [0.5, 0.6) is 0 Å². The number of anilines is 1. The average Bonchev–Trinajstić information content (AvgIpc) is 3.09. The highest BCUT2D eigenvalue weighted by Gasteiger charge is 2.27. The van der Waals surface area contributed by atoms with Gasteiger partial charge < -0.3 is 10.0 Å². The number of fused-ring (bicyclic) bond motifs is 1. The second kappa shape index (κ2) is 6.78. The van der Waals surface area contributed by atoms with Gasteiger partial charge in [0, 0.05) is 28.4 Å². The van der Waals surface area contributed by atoms with E-state index in [1.54, 1.807) is 18.5 Å². The fourth-order valence-corrected chi connectivity index (χ4v) is 3.16. The molecule has 3 aromatic rings. The molecule has 0 amide bonds. The van der Waals surface area contributed by atoms with E-state index in [-0.39, 0.29) is 6.54 Å². The Kier molecular flexibility index (Phi) is 4.82. The predicted octanol–water partition coefficient (Wildman–Crippen LogP) is 4.62. The summed E-state index contributed by atoms with van der Waals surface area (Å²) in [6, 6.07) is 5.35. The van der Waals surface area contributed by atoms with Gasteiger partial charge in [-0.25, -0.2) is 4.98 Å². The van der Waals surface area contributed by atoms with E-state index in [4.69, 9.17) is 23.2 Å². The molecule has 2 aromatic heterocycles. The van der Waals surface area contributed by atoms with Gasteiger partial charge in [-0.2, -0.15) is 5.10 Å². The molecule has 0 bridgehead atoms. The van der Waals surface area contributed by atoms with Crippen molar-refractivity contribution in [2.75, 3.05) is 11.4 Å². The maximum atomic E-state index is 11.5. The Bertz CT molecular complexity index is 965. The molecule has 0 saturated carbocycles. The Labute approximate surface area is 160 Å². The van der Waals surface area contributed by atoms with Crippen molar-refractivity contribution in [1.82, 2.24) is 15.2 Å². The Morgan fingerprint density at radius 2 is 2.04 bits per heavy atom. The van der Waals surface area contributed by atoms with Crippen LogP contribution in [-0.4, -0.2) is 38.3 Å². The first-order chi connectivity index (χ1) is 12.2. The Morgan fingerprint density at radius 1 is 1.31 bits per heavy atom. The first-order valence-electron chi connectivity index (χ1n) is 7.96. The van der Waals surface area contributed by atoms with Crippen LogP contribution in [0.25, 0.3) is 22.2 Å². The van der Waals surface area contributed by atoms with Crippen LogP contribution < -0.4 is 4.90 Å². The van der Waals surface area contributed by atoms with Gasteiger partial charge in [0.05, 0.1) is 27.5 Å². The smallest absolute Gasteiger partial charge is 0.323 e. The zero-order valence-corrected chi connectivity index (χ0v) is 16.1. The van der Waals surface area contributed by atoms with Gasteiger partial charge >= 0.3 is 5.97 Å². The highest BCUT2D eigenvalue weighted by molar-refractivity contribution is 6.45. The summed E-state index contributed by atoms with van der Waals surface area (Å²) in [7, 11) is 0. The standard InChI is InChI=1S/C18H18Cl2N4O2/c1-18(2,3)24(9-15(25)26)14-6-13(10-7-21-22-8-10)23-17-11(14)4-5-12(19)16(17)20/h4-8H,9H2,1-3H3,(H,21,22)(H,25,26). The molecule has 0 aliphatic heterocycles. The monoisotopic (exact) mass is 392 g/mol. The summed E-state index contributed by atoms with van der Waals surface area (Å²) in [5.74, 6) is -0.921. The number of aliphatic carboxylic acids is 1. The second-order valence-electron chi connectivity index (χ2n) is 6.92. The number of rotatable bonds is 4. The van der Waals surface area contributed by atoms with Gasteiger partial charge in [0.2, 0.25) is 0 Å². The minimum absolute atomic E-state index is 0.159. The van der Waals surface area contributed by atoms with Gasteiger partial charge in [-0.05, 0) is 39.0 Å². The van der Waals surface area contributed by atoms with Crippen molar-refractivity contribution < 1.29 is 9.90 Å². The quantitative estimate of drug-likeness (QED) is 0.676. The Balaban J connectivity index is 2.35. The summed E-state index contributed by atoms with van der Waals surface area (Å²) in [6.45, 7) is 5.71. The fourth-order valence-electron chi connectivity index (χ4n) is 2.80. The van der Waals surface area contributed by atoms with Crippen molar-refractivity contribution in [2.24, 2.45) is 0 Å². The lowest BCUT2D eigenvalue weighted by Gasteiger charge is -2.37. The van der Waals surface area contributed by atoms with Gasteiger partial charge in [-0.3, -0.25) is 9.89 Å². The molecule has 136 valence electrons. The van der Waals surface area contributed by atoms with Crippen molar-refractivity contribution in [3.05, 3.63) is 40.6 Å². The first-order valence-corrected chi connectivity index (χ1v) is 8.71. The normalized spacial score (nSPS) is 11.7. The van der Waals surface area contributed by atoms with Crippen molar-refractivity contribution in [3.63, 3.8) is 0 Å².